The zero-order valence-electron chi connectivity index (χ0n) is 6.97. The maximum absolute atomic E-state index is 5.42. The van der Waals surface area contributed by atoms with Crippen LogP contribution in [0.4, 0.5) is 0 Å². The lowest BCUT2D eigenvalue weighted by Crippen LogP contribution is -1.78. The van der Waals surface area contributed by atoms with Gasteiger partial charge in [0.2, 0.25) is 0 Å². The van der Waals surface area contributed by atoms with E-state index in [2.05, 4.69) is 36.8 Å². The molecule has 0 aliphatic rings. The smallest absolute Gasteiger partial charge is 0.192 e. The molecule has 4 heteroatoms. The Morgan fingerprint density at radius 1 is 1.46 bits per heavy atom. The van der Waals surface area contributed by atoms with E-state index in [0.717, 1.165) is 20.9 Å². The molecule has 1 aromatic heterocycles. The van der Waals surface area contributed by atoms with Crippen LogP contribution >= 0.6 is 31.9 Å². The van der Waals surface area contributed by atoms with E-state index in [4.69, 9.17) is 4.42 Å². The number of alkyl halides is 1. The van der Waals surface area contributed by atoms with Gasteiger partial charge in [0.15, 0.2) is 11.5 Å². The van der Waals surface area contributed by atoms with E-state index < -0.39 is 0 Å². The molecule has 1 aromatic carbocycles. The van der Waals surface area contributed by atoms with Gasteiger partial charge in [0.1, 0.15) is 5.52 Å². The molecule has 0 radical (unpaired) electrons. The highest BCUT2D eigenvalue weighted by Gasteiger charge is 2.07. The van der Waals surface area contributed by atoms with Crippen molar-refractivity contribution < 1.29 is 4.42 Å². The number of aromatic nitrogens is 1. The fraction of sp³-hybridized carbons (Fsp3) is 0.222. The highest BCUT2D eigenvalue weighted by atomic mass is 79.9. The van der Waals surface area contributed by atoms with Crippen LogP contribution in [0.2, 0.25) is 0 Å². The first-order chi connectivity index (χ1) is 6.20. The van der Waals surface area contributed by atoms with Gasteiger partial charge in [-0.25, -0.2) is 4.98 Å². The second-order valence-electron chi connectivity index (χ2n) is 2.79. The summed E-state index contributed by atoms with van der Waals surface area (Å²) in [4.78, 5) is 4.27. The highest BCUT2D eigenvalue weighted by Crippen LogP contribution is 2.27. The SMILES string of the molecule is Cc1nc2cc(CBr)cc(Br)c2o1. The van der Waals surface area contributed by atoms with E-state index in [0.29, 0.717) is 5.89 Å². The number of halogens is 2. The van der Waals surface area contributed by atoms with Crippen LogP contribution in [0.5, 0.6) is 0 Å². The highest BCUT2D eigenvalue weighted by molar-refractivity contribution is 9.10. The summed E-state index contributed by atoms with van der Waals surface area (Å²) >= 11 is 6.85. The Balaban J connectivity index is 2.75. The molecule has 2 aromatic rings. The molecule has 0 saturated carbocycles. The molecule has 0 unspecified atom stereocenters. The van der Waals surface area contributed by atoms with Crippen molar-refractivity contribution in [1.29, 1.82) is 0 Å². The molecule has 0 aliphatic heterocycles. The maximum Gasteiger partial charge on any atom is 0.192 e. The van der Waals surface area contributed by atoms with E-state index in [9.17, 15) is 0 Å². The monoisotopic (exact) mass is 303 g/mol. The molecule has 0 spiro atoms. The number of rotatable bonds is 1. The number of nitrogens with zero attached hydrogens (tertiary/aromatic N) is 1. The van der Waals surface area contributed by atoms with Crippen LogP contribution in [0, 0.1) is 6.92 Å². The summed E-state index contributed by atoms with van der Waals surface area (Å²) in [6, 6.07) is 4.05. The molecule has 13 heavy (non-hydrogen) atoms. The van der Waals surface area contributed by atoms with Gasteiger partial charge < -0.3 is 4.42 Å². The third-order valence-corrected chi connectivity index (χ3v) is 3.00. The fourth-order valence-electron chi connectivity index (χ4n) is 1.23. The van der Waals surface area contributed by atoms with Crippen LogP contribution in [0.3, 0.4) is 0 Å². The normalized spacial score (nSPS) is 11.0. The van der Waals surface area contributed by atoms with Crippen LogP contribution < -0.4 is 0 Å². The molecule has 0 fully saturated rings. The zero-order chi connectivity index (χ0) is 9.42. The lowest BCUT2D eigenvalue weighted by atomic mass is 10.2. The van der Waals surface area contributed by atoms with E-state index in [-0.39, 0.29) is 0 Å². The van der Waals surface area contributed by atoms with Gasteiger partial charge in [-0.3, -0.25) is 0 Å². The summed E-state index contributed by atoms with van der Waals surface area (Å²) < 4.78 is 6.38. The summed E-state index contributed by atoms with van der Waals surface area (Å²) in [5.41, 5.74) is 2.91. The molecule has 0 atom stereocenters. The Bertz CT molecular complexity index is 450. The number of aryl methyl sites for hydroxylation is 1. The van der Waals surface area contributed by atoms with Gasteiger partial charge in [-0.15, -0.1) is 0 Å². The molecule has 2 nitrogen and oxygen atoms in total. The molecule has 1 heterocycles. The summed E-state index contributed by atoms with van der Waals surface area (Å²) in [6.07, 6.45) is 0. The maximum atomic E-state index is 5.42. The largest absolute Gasteiger partial charge is 0.440 e. The van der Waals surface area contributed by atoms with Crippen LogP contribution in [0.1, 0.15) is 11.5 Å². The third kappa shape index (κ3) is 1.65. The van der Waals surface area contributed by atoms with Gasteiger partial charge in [-0.1, -0.05) is 15.9 Å². The van der Waals surface area contributed by atoms with Crippen molar-refractivity contribution in [2.75, 3.05) is 0 Å². The van der Waals surface area contributed by atoms with Crippen molar-refractivity contribution in [3.05, 3.63) is 28.1 Å². The standard InChI is InChI=1S/C9H7Br2NO/c1-5-12-8-3-6(4-10)2-7(11)9(8)13-5/h2-3H,4H2,1H3. The van der Waals surface area contributed by atoms with Crippen molar-refractivity contribution in [3.8, 4) is 0 Å². The molecule has 0 saturated heterocycles. The number of fused-ring (bicyclic) bond motifs is 1. The quantitative estimate of drug-likeness (QED) is 0.749. The van der Waals surface area contributed by atoms with Crippen molar-refractivity contribution in [2.24, 2.45) is 0 Å². The van der Waals surface area contributed by atoms with Gasteiger partial charge in [-0.2, -0.15) is 0 Å². The van der Waals surface area contributed by atoms with Crippen LogP contribution in [0.25, 0.3) is 11.1 Å². The first kappa shape index (κ1) is 9.21. The van der Waals surface area contributed by atoms with Crippen molar-refractivity contribution in [2.45, 2.75) is 12.3 Å². The molecule has 0 bridgehead atoms. The van der Waals surface area contributed by atoms with Crippen LogP contribution in [0.15, 0.2) is 21.0 Å². The topological polar surface area (TPSA) is 26.0 Å². The van der Waals surface area contributed by atoms with Gasteiger partial charge in [0, 0.05) is 12.3 Å². The summed E-state index contributed by atoms with van der Waals surface area (Å²) in [5.74, 6) is 0.697. The summed E-state index contributed by atoms with van der Waals surface area (Å²) in [6.45, 7) is 1.85. The third-order valence-electron chi connectivity index (χ3n) is 1.77. The van der Waals surface area contributed by atoms with E-state index in [1.54, 1.807) is 0 Å². The van der Waals surface area contributed by atoms with Gasteiger partial charge in [0.05, 0.1) is 4.47 Å². The Kier molecular flexibility index (Phi) is 2.43. The number of hydrogen-bond acceptors (Lipinski definition) is 2. The predicted octanol–water partition coefficient (Wildman–Crippen LogP) is 3.79. The summed E-state index contributed by atoms with van der Waals surface area (Å²) in [5, 5.41) is 0.827. The number of hydrogen-bond donors (Lipinski definition) is 0. The van der Waals surface area contributed by atoms with E-state index >= 15 is 0 Å². The average Bonchev–Trinajstić information content (AvgIpc) is 2.46. The van der Waals surface area contributed by atoms with E-state index in [1.807, 2.05) is 19.1 Å². The minimum atomic E-state index is 0.697. The lowest BCUT2D eigenvalue weighted by Gasteiger charge is -1.96. The zero-order valence-corrected chi connectivity index (χ0v) is 10.1. The van der Waals surface area contributed by atoms with Gasteiger partial charge in [-0.05, 0) is 33.6 Å². The first-order valence-electron chi connectivity index (χ1n) is 3.82. The average molecular weight is 305 g/mol. The molecular weight excluding hydrogens is 298 g/mol. The molecular formula is C9H7Br2NO. The summed E-state index contributed by atoms with van der Waals surface area (Å²) in [7, 11) is 0. The number of benzene rings is 1. The van der Waals surface area contributed by atoms with Crippen molar-refractivity contribution >= 4 is 43.0 Å². The van der Waals surface area contributed by atoms with Crippen LogP contribution in [-0.2, 0) is 5.33 Å². The first-order valence-corrected chi connectivity index (χ1v) is 5.73. The molecule has 0 amide bonds. The Labute approximate surface area is 92.6 Å². The van der Waals surface area contributed by atoms with Crippen LogP contribution in [-0.4, -0.2) is 4.98 Å². The molecule has 0 aliphatic carbocycles. The molecule has 2 rings (SSSR count). The minimum absolute atomic E-state index is 0.697. The Hall–Kier alpha value is -0.350. The van der Waals surface area contributed by atoms with Gasteiger partial charge in [0.25, 0.3) is 0 Å². The lowest BCUT2D eigenvalue weighted by molar-refractivity contribution is 0.559. The van der Waals surface area contributed by atoms with Gasteiger partial charge >= 0.3 is 0 Å². The fourth-order valence-corrected chi connectivity index (χ4v) is 2.14. The molecule has 0 N–H and O–H groups in total. The molecule has 68 valence electrons. The number of oxazole rings is 1. The van der Waals surface area contributed by atoms with Crippen molar-refractivity contribution in [3.63, 3.8) is 0 Å². The van der Waals surface area contributed by atoms with E-state index in [1.165, 1.54) is 5.56 Å². The Morgan fingerprint density at radius 2 is 2.23 bits per heavy atom. The van der Waals surface area contributed by atoms with Crippen molar-refractivity contribution in [1.82, 2.24) is 4.98 Å². The Morgan fingerprint density at radius 3 is 2.92 bits per heavy atom. The second-order valence-corrected chi connectivity index (χ2v) is 4.21. The minimum Gasteiger partial charge on any atom is -0.440 e. The second kappa shape index (κ2) is 3.42. The predicted molar refractivity (Wildman–Crippen MR) is 59.1 cm³/mol.